The molecular formula is C10H19NO. The quantitative estimate of drug-likeness (QED) is 0.590. The lowest BCUT2D eigenvalue weighted by Gasteiger charge is -2.46. The molecule has 2 atom stereocenters. The fourth-order valence-corrected chi connectivity index (χ4v) is 2.74. The zero-order valence-corrected chi connectivity index (χ0v) is 7.92. The molecule has 0 aromatic rings. The monoisotopic (exact) mass is 169 g/mol. The lowest BCUT2D eigenvalue weighted by atomic mass is 9.71. The van der Waals surface area contributed by atoms with E-state index in [1.54, 1.807) is 0 Å². The third-order valence-electron chi connectivity index (χ3n) is 3.63. The highest BCUT2D eigenvalue weighted by molar-refractivity contribution is 4.94. The van der Waals surface area contributed by atoms with Crippen LogP contribution in [0.25, 0.3) is 0 Å². The summed E-state index contributed by atoms with van der Waals surface area (Å²) in [5.41, 5.74) is -0.287. The second-order valence-corrected chi connectivity index (χ2v) is 4.56. The smallest absolute Gasteiger partial charge is 0.0700 e. The molecule has 1 aliphatic carbocycles. The second kappa shape index (κ2) is 3.00. The molecule has 0 amide bonds. The Labute approximate surface area is 74.6 Å². The minimum Gasteiger partial charge on any atom is -0.390 e. The molecule has 0 bridgehead atoms. The number of nitrogens with zero attached hydrogens (tertiary/aromatic N) is 1. The van der Waals surface area contributed by atoms with Crippen LogP contribution in [0, 0.1) is 5.92 Å². The topological polar surface area (TPSA) is 23.5 Å². The van der Waals surface area contributed by atoms with E-state index < -0.39 is 0 Å². The number of rotatable bonds is 0. The van der Waals surface area contributed by atoms with E-state index in [1.807, 2.05) is 0 Å². The van der Waals surface area contributed by atoms with E-state index in [9.17, 15) is 5.11 Å². The molecule has 2 fully saturated rings. The first-order valence-electron chi connectivity index (χ1n) is 5.12. The Kier molecular flexibility index (Phi) is 2.13. The van der Waals surface area contributed by atoms with Crippen LogP contribution in [0.3, 0.4) is 0 Å². The van der Waals surface area contributed by atoms with Gasteiger partial charge in [-0.05, 0) is 26.3 Å². The Bertz CT molecular complexity index is 171. The fraction of sp³-hybridized carbons (Fsp3) is 1.00. The summed E-state index contributed by atoms with van der Waals surface area (Å²) in [5.74, 6) is 0.560. The third-order valence-corrected chi connectivity index (χ3v) is 3.63. The molecule has 2 heteroatoms. The Morgan fingerprint density at radius 3 is 3.00 bits per heavy atom. The molecule has 2 unspecified atom stereocenters. The zero-order chi connectivity index (χ0) is 8.60. The van der Waals surface area contributed by atoms with Crippen molar-refractivity contribution in [3.63, 3.8) is 0 Å². The van der Waals surface area contributed by atoms with Crippen LogP contribution in [0.2, 0.25) is 0 Å². The van der Waals surface area contributed by atoms with Crippen LogP contribution in [0.15, 0.2) is 0 Å². The molecule has 1 heterocycles. The summed E-state index contributed by atoms with van der Waals surface area (Å²) >= 11 is 0. The van der Waals surface area contributed by atoms with Crippen LogP contribution in [0.5, 0.6) is 0 Å². The van der Waals surface area contributed by atoms with Gasteiger partial charge in [0.05, 0.1) is 5.60 Å². The average molecular weight is 169 g/mol. The Hall–Kier alpha value is -0.0800. The maximum absolute atomic E-state index is 10.3. The molecule has 1 saturated carbocycles. The number of fused-ring (bicyclic) bond motifs is 1. The highest BCUT2D eigenvalue weighted by atomic mass is 16.3. The van der Waals surface area contributed by atoms with Crippen LogP contribution in [-0.4, -0.2) is 35.7 Å². The van der Waals surface area contributed by atoms with Gasteiger partial charge in [0.1, 0.15) is 0 Å². The summed E-state index contributed by atoms with van der Waals surface area (Å²) in [6.45, 7) is 2.18. The van der Waals surface area contributed by atoms with Gasteiger partial charge in [-0.1, -0.05) is 12.8 Å². The molecule has 12 heavy (non-hydrogen) atoms. The molecule has 2 nitrogen and oxygen atoms in total. The van der Waals surface area contributed by atoms with E-state index in [-0.39, 0.29) is 5.60 Å². The van der Waals surface area contributed by atoms with E-state index in [4.69, 9.17) is 0 Å². The molecule has 0 aromatic heterocycles. The first kappa shape index (κ1) is 8.52. The predicted octanol–water partition coefficient (Wildman–Crippen LogP) is 1.24. The van der Waals surface area contributed by atoms with Gasteiger partial charge >= 0.3 is 0 Å². The lowest BCUT2D eigenvalue weighted by molar-refractivity contribution is -0.0909. The van der Waals surface area contributed by atoms with Crippen molar-refractivity contribution in [1.82, 2.24) is 4.90 Å². The van der Waals surface area contributed by atoms with E-state index >= 15 is 0 Å². The minimum atomic E-state index is -0.287. The average Bonchev–Trinajstić information content (AvgIpc) is 2.06. The molecule has 1 aliphatic heterocycles. The van der Waals surface area contributed by atoms with Crippen molar-refractivity contribution in [2.24, 2.45) is 5.92 Å². The third kappa shape index (κ3) is 1.38. The fourth-order valence-electron chi connectivity index (χ4n) is 2.74. The molecule has 0 spiro atoms. The highest BCUT2D eigenvalue weighted by Crippen LogP contribution is 2.39. The maximum Gasteiger partial charge on any atom is 0.0700 e. The van der Waals surface area contributed by atoms with Crippen LogP contribution < -0.4 is 0 Å². The van der Waals surface area contributed by atoms with Gasteiger partial charge in [0.25, 0.3) is 0 Å². The Morgan fingerprint density at radius 2 is 2.17 bits per heavy atom. The lowest BCUT2D eigenvalue weighted by Crippen LogP contribution is -2.52. The van der Waals surface area contributed by atoms with Gasteiger partial charge in [0.2, 0.25) is 0 Å². The first-order chi connectivity index (χ1) is 5.71. The number of aliphatic hydroxyl groups is 1. The molecule has 2 rings (SSSR count). The maximum atomic E-state index is 10.3. The molecule has 1 N–H and O–H groups in total. The van der Waals surface area contributed by atoms with Gasteiger partial charge < -0.3 is 10.0 Å². The normalized spacial score (nSPS) is 44.0. The van der Waals surface area contributed by atoms with E-state index in [1.165, 1.54) is 19.3 Å². The summed E-state index contributed by atoms with van der Waals surface area (Å²) in [4.78, 5) is 2.35. The summed E-state index contributed by atoms with van der Waals surface area (Å²) in [6, 6.07) is 0. The number of hydrogen-bond donors (Lipinski definition) is 1. The van der Waals surface area contributed by atoms with Crippen molar-refractivity contribution in [3.8, 4) is 0 Å². The Morgan fingerprint density at radius 1 is 1.33 bits per heavy atom. The number of hydrogen-bond acceptors (Lipinski definition) is 2. The van der Waals surface area contributed by atoms with Crippen LogP contribution in [0.4, 0.5) is 0 Å². The van der Waals surface area contributed by atoms with Gasteiger partial charge in [-0.3, -0.25) is 0 Å². The zero-order valence-electron chi connectivity index (χ0n) is 7.92. The first-order valence-corrected chi connectivity index (χ1v) is 5.12. The van der Waals surface area contributed by atoms with Crippen molar-refractivity contribution in [2.45, 2.75) is 37.7 Å². The van der Waals surface area contributed by atoms with Gasteiger partial charge in [-0.15, -0.1) is 0 Å². The number of piperidine rings is 1. The second-order valence-electron chi connectivity index (χ2n) is 4.56. The Balaban J connectivity index is 2.06. The molecule has 0 aromatic carbocycles. The van der Waals surface area contributed by atoms with E-state index in [0.29, 0.717) is 5.92 Å². The van der Waals surface area contributed by atoms with Crippen molar-refractivity contribution < 1.29 is 5.11 Å². The van der Waals surface area contributed by atoms with E-state index in [0.717, 1.165) is 25.9 Å². The largest absolute Gasteiger partial charge is 0.390 e. The summed E-state index contributed by atoms with van der Waals surface area (Å²) in [6.07, 6.45) is 5.83. The van der Waals surface area contributed by atoms with Crippen LogP contribution in [0.1, 0.15) is 32.1 Å². The predicted molar refractivity (Wildman–Crippen MR) is 49.0 cm³/mol. The minimum absolute atomic E-state index is 0.287. The van der Waals surface area contributed by atoms with Crippen LogP contribution in [-0.2, 0) is 0 Å². The highest BCUT2D eigenvalue weighted by Gasteiger charge is 2.41. The van der Waals surface area contributed by atoms with Gasteiger partial charge in [0, 0.05) is 19.0 Å². The molecule has 1 saturated heterocycles. The standard InChI is InChI=1S/C10H19NO/c1-11-7-6-10(12)5-3-2-4-9(10)8-11/h9,12H,2-8H2,1H3. The SMILES string of the molecule is CN1CCC2(O)CCCCC2C1. The van der Waals surface area contributed by atoms with Crippen molar-refractivity contribution in [1.29, 1.82) is 0 Å². The molecule has 70 valence electrons. The summed E-state index contributed by atoms with van der Waals surface area (Å²) in [5, 5.41) is 10.3. The molecule has 0 radical (unpaired) electrons. The number of likely N-dealkylation sites (tertiary alicyclic amines) is 1. The van der Waals surface area contributed by atoms with Crippen LogP contribution >= 0.6 is 0 Å². The van der Waals surface area contributed by atoms with Crippen molar-refractivity contribution in [3.05, 3.63) is 0 Å². The summed E-state index contributed by atoms with van der Waals surface area (Å²) in [7, 11) is 2.16. The van der Waals surface area contributed by atoms with Crippen molar-refractivity contribution >= 4 is 0 Å². The van der Waals surface area contributed by atoms with Gasteiger partial charge in [-0.25, -0.2) is 0 Å². The molecule has 2 aliphatic rings. The van der Waals surface area contributed by atoms with Gasteiger partial charge in [-0.2, -0.15) is 0 Å². The van der Waals surface area contributed by atoms with Crippen molar-refractivity contribution in [2.75, 3.05) is 20.1 Å². The van der Waals surface area contributed by atoms with Gasteiger partial charge in [0.15, 0.2) is 0 Å². The summed E-state index contributed by atoms with van der Waals surface area (Å²) < 4.78 is 0. The van der Waals surface area contributed by atoms with E-state index in [2.05, 4.69) is 11.9 Å². The molecular weight excluding hydrogens is 150 g/mol.